The van der Waals surface area contributed by atoms with Gasteiger partial charge in [0.1, 0.15) is 11.5 Å². The summed E-state index contributed by atoms with van der Waals surface area (Å²) >= 11 is 0. The van der Waals surface area contributed by atoms with Crippen molar-refractivity contribution >= 4 is 11.9 Å². The van der Waals surface area contributed by atoms with Crippen molar-refractivity contribution in [2.45, 2.75) is 25.2 Å². The molecule has 3 aliphatic heterocycles. The predicted octanol–water partition coefficient (Wildman–Crippen LogP) is 1.53. The molecule has 0 radical (unpaired) electrons. The van der Waals surface area contributed by atoms with Crippen molar-refractivity contribution in [3.8, 4) is 0 Å². The Morgan fingerprint density at radius 2 is 2.13 bits per heavy atom. The Labute approximate surface area is 134 Å². The second kappa shape index (κ2) is 4.68. The first-order valence-corrected chi connectivity index (χ1v) is 7.80. The van der Waals surface area contributed by atoms with Crippen LogP contribution in [0.1, 0.15) is 12.5 Å². The van der Waals surface area contributed by atoms with Gasteiger partial charge in [-0.1, -0.05) is 42.5 Å². The molecule has 1 aromatic rings. The second-order valence-electron chi connectivity index (χ2n) is 6.68. The van der Waals surface area contributed by atoms with Gasteiger partial charge in [0, 0.05) is 6.54 Å². The molecule has 1 aromatic carbocycles. The van der Waals surface area contributed by atoms with Crippen LogP contribution in [0.15, 0.2) is 42.5 Å². The van der Waals surface area contributed by atoms with E-state index in [9.17, 15) is 9.59 Å². The summed E-state index contributed by atoms with van der Waals surface area (Å²) in [6.45, 7) is 2.83. The molecule has 0 N–H and O–H groups in total. The molecule has 3 aliphatic rings. The van der Waals surface area contributed by atoms with Crippen molar-refractivity contribution in [1.82, 2.24) is 4.90 Å². The monoisotopic (exact) mass is 313 g/mol. The molecule has 0 unspecified atom stereocenters. The fourth-order valence-electron chi connectivity index (χ4n) is 4.32. The third-order valence-corrected chi connectivity index (χ3v) is 5.56. The smallest absolute Gasteiger partial charge is 0.312 e. The molecule has 4 rings (SSSR count). The Hall–Kier alpha value is -2.14. The van der Waals surface area contributed by atoms with Crippen LogP contribution in [0.25, 0.3) is 0 Å². The van der Waals surface area contributed by atoms with Gasteiger partial charge in [-0.2, -0.15) is 0 Å². The van der Waals surface area contributed by atoms with Crippen LogP contribution in [0, 0.1) is 11.3 Å². The van der Waals surface area contributed by atoms with E-state index in [-0.39, 0.29) is 18.0 Å². The first-order chi connectivity index (χ1) is 11.0. The second-order valence-corrected chi connectivity index (χ2v) is 6.68. The van der Waals surface area contributed by atoms with E-state index < -0.39 is 16.9 Å². The minimum Gasteiger partial charge on any atom is -0.469 e. The molecule has 0 saturated carbocycles. The number of carbonyl (C=O) groups excluding carboxylic acids is 2. The average Bonchev–Trinajstić information content (AvgIpc) is 3.14. The zero-order valence-electron chi connectivity index (χ0n) is 13.2. The summed E-state index contributed by atoms with van der Waals surface area (Å²) in [5.41, 5.74) is -0.551. The SMILES string of the molecule is COC(=O)[C@@H]1[C@H]2C=C[C@]3(CN(Cc4ccccc4)C(=O)[C@]13C)O2. The first kappa shape index (κ1) is 14.5. The molecule has 1 spiro atoms. The molecule has 5 heteroatoms. The lowest BCUT2D eigenvalue weighted by molar-refractivity contribution is -0.155. The Balaban J connectivity index is 1.69. The van der Waals surface area contributed by atoms with E-state index in [2.05, 4.69) is 0 Å². The van der Waals surface area contributed by atoms with Gasteiger partial charge in [-0.05, 0) is 12.5 Å². The van der Waals surface area contributed by atoms with Gasteiger partial charge in [0.05, 0.1) is 25.2 Å². The summed E-state index contributed by atoms with van der Waals surface area (Å²) in [5.74, 6) is -0.993. The maximum absolute atomic E-state index is 13.1. The number of ether oxygens (including phenoxy) is 2. The Kier molecular flexibility index (Phi) is 2.94. The predicted molar refractivity (Wildman–Crippen MR) is 82.2 cm³/mol. The number of rotatable bonds is 3. The Morgan fingerprint density at radius 1 is 1.39 bits per heavy atom. The van der Waals surface area contributed by atoms with Crippen LogP contribution in [-0.2, 0) is 25.6 Å². The van der Waals surface area contributed by atoms with Crippen LogP contribution in [0.5, 0.6) is 0 Å². The number of fused-ring (bicyclic) bond motifs is 1. The molecule has 0 aromatic heterocycles. The van der Waals surface area contributed by atoms with Gasteiger partial charge < -0.3 is 14.4 Å². The van der Waals surface area contributed by atoms with Crippen LogP contribution in [0.2, 0.25) is 0 Å². The maximum atomic E-state index is 13.1. The molecular formula is C18H19NO4. The molecule has 2 fully saturated rings. The van der Waals surface area contributed by atoms with Gasteiger partial charge in [-0.3, -0.25) is 9.59 Å². The molecule has 23 heavy (non-hydrogen) atoms. The number of carbonyl (C=O) groups is 2. The van der Waals surface area contributed by atoms with Gasteiger partial charge >= 0.3 is 5.97 Å². The number of likely N-dealkylation sites (tertiary alicyclic amines) is 1. The molecular weight excluding hydrogens is 294 g/mol. The molecule has 3 heterocycles. The van der Waals surface area contributed by atoms with Gasteiger partial charge in [-0.15, -0.1) is 0 Å². The van der Waals surface area contributed by atoms with Crippen molar-refractivity contribution in [2.24, 2.45) is 11.3 Å². The molecule has 1 amide bonds. The lowest BCUT2D eigenvalue weighted by atomic mass is 9.65. The van der Waals surface area contributed by atoms with Crippen molar-refractivity contribution in [1.29, 1.82) is 0 Å². The lowest BCUT2D eigenvalue weighted by Crippen LogP contribution is -2.49. The zero-order chi connectivity index (χ0) is 16.2. The van der Waals surface area contributed by atoms with Gasteiger partial charge in [0.2, 0.25) is 5.91 Å². The van der Waals surface area contributed by atoms with Crippen LogP contribution >= 0.6 is 0 Å². The average molecular weight is 313 g/mol. The highest BCUT2D eigenvalue weighted by molar-refractivity contribution is 5.94. The van der Waals surface area contributed by atoms with Crippen LogP contribution in [-0.4, -0.2) is 42.1 Å². The van der Waals surface area contributed by atoms with E-state index in [1.165, 1.54) is 7.11 Å². The topological polar surface area (TPSA) is 55.8 Å². The highest BCUT2D eigenvalue weighted by Crippen LogP contribution is 2.60. The van der Waals surface area contributed by atoms with E-state index in [0.29, 0.717) is 13.1 Å². The third-order valence-electron chi connectivity index (χ3n) is 5.56. The summed E-state index contributed by atoms with van der Waals surface area (Å²) in [6, 6.07) is 9.84. The molecule has 0 aliphatic carbocycles. The van der Waals surface area contributed by atoms with Gasteiger partial charge in [0.15, 0.2) is 0 Å². The van der Waals surface area contributed by atoms with Crippen molar-refractivity contribution in [3.05, 3.63) is 48.0 Å². The Bertz CT molecular complexity index is 700. The number of esters is 1. The number of hydrogen-bond donors (Lipinski definition) is 0. The van der Waals surface area contributed by atoms with Gasteiger partial charge in [0.25, 0.3) is 0 Å². The number of amides is 1. The van der Waals surface area contributed by atoms with Crippen molar-refractivity contribution in [3.63, 3.8) is 0 Å². The maximum Gasteiger partial charge on any atom is 0.312 e. The van der Waals surface area contributed by atoms with Crippen molar-refractivity contribution < 1.29 is 19.1 Å². The van der Waals surface area contributed by atoms with E-state index in [1.807, 2.05) is 49.4 Å². The standard InChI is InChI=1S/C18H19NO4/c1-17-14(15(20)22-2)13-8-9-18(17,23-13)11-19(16(17)21)10-12-6-4-3-5-7-12/h3-9,13-14H,10-11H2,1-2H3/t13-,14+,17+,18-/m1/s1. The number of hydrogen-bond acceptors (Lipinski definition) is 4. The molecule has 2 saturated heterocycles. The molecule has 120 valence electrons. The molecule has 2 bridgehead atoms. The fourth-order valence-corrected chi connectivity index (χ4v) is 4.32. The summed E-state index contributed by atoms with van der Waals surface area (Å²) in [6.07, 6.45) is 3.48. The molecule has 5 nitrogen and oxygen atoms in total. The summed E-state index contributed by atoms with van der Waals surface area (Å²) < 4.78 is 11.0. The van der Waals surface area contributed by atoms with Crippen LogP contribution in [0.3, 0.4) is 0 Å². The van der Waals surface area contributed by atoms with Gasteiger partial charge in [-0.25, -0.2) is 0 Å². The van der Waals surface area contributed by atoms with Crippen LogP contribution < -0.4 is 0 Å². The number of methoxy groups -OCH3 is 1. The zero-order valence-corrected chi connectivity index (χ0v) is 13.2. The fraction of sp³-hybridized carbons (Fsp3) is 0.444. The largest absolute Gasteiger partial charge is 0.469 e. The molecule has 4 atom stereocenters. The third kappa shape index (κ3) is 1.71. The van der Waals surface area contributed by atoms with E-state index in [0.717, 1.165) is 5.56 Å². The van der Waals surface area contributed by atoms with E-state index >= 15 is 0 Å². The summed E-state index contributed by atoms with van der Waals surface area (Å²) in [7, 11) is 1.36. The number of nitrogens with zero attached hydrogens (tertiary/aromatic N) is 1. The Morgan fingerprint density at radius 3 is 2.83 bits per heavy atom. The minimum atomic E-state index is -0.895. The number of benzene rings is 1. The van der Waals surface area contributed by atoms with E-state index in [1.54, 1.807) is 4.90 Å². The summed E-state index contributed by atoms with van der Waals surface area (Å²) in [5, 5.41) is 0. The highest BCUT2D eigenvalue weighted by Gasteiger charge is 2.74. The summed E-state index contributed by atoms with van der Waals surface area (Å²) in [4.78, 5) is 27.2. The van der Waals surface area contributed by atoms with Crippen molar-refractivity contribution in [2.75, 3.05) is 13.7 Å². The minimum absolute atomic E-state index is 0.0383. The first-order valence-electron chi connectivity index (χ1n) is 7.80. The normalized spacial score (nSPS) is 37.3. The highest BCUT2D eigenvalue weighted by atomic mass is 16.5. The van der Waals surface area contributed by atoms with E-state index in [4.69, 9.17) is 9.47 Å². The quantitative estimate of drug-likeness (QED) is 0.627. The lowest BCUT2D eigenvalue weighted by Gasteiger charge is -2.33. The van der Waals surface area contributed by atoms with Crippen LogP contribution in [0.4, 0.5) is 0 Å².